The standard InChI is InChI=1S/C25H29FN4O4S/c1-4-34-24(32)21-19(28(3)25(33)27-22(21)17-7-5-8-18(26)13-17)15-29-10-11-30(16(2)14-29)23(31)20-9-6-12-35-20/h5-9,12-13,16,22H,4,10-11,14-15H2,1-3H3,(H,27,33). The first-order valence-electron chi connectivity index (χ1n) is 11.6. The van der Waals surface area contributed by atoms with Crippen molar-refractivity contribution < 1.29 is 23.5 Å². The number of amides is 3. The van der Waals surface area contributed by atoms with Crippen LogP contribution in [0.15, 0.2) is 53.0 Å². The van der Waals surface area contributed by atoms with E-state index in [0.29, 0.717) is 42.3 Å². The van der Waals surface area contributed by atoms with Crippen LogP contribution in [0.2, 0.25) is 0 Å². The number of halogens is 1. The number of nitrogens with one attached hydrogen (secondary N) is 1. The van der Waals surface area contributed by atoms with E-state index < -0.39 is 17.8 Å². The van der Waals surface area contributed by atoms with Gasteiger partial charge in [-0.05, 0) is 43.0 Å². The third kappa shape index (κ3) is 5.23. The highest BCUT2D eigenvalue weighted by molar-refractivity contribution is 7.12. The summed E-state index contributed by atoms with van der Waals surface area (Å²) in [4.78, 5) is 44.9. The smallest absolute Gasteiger partial charge is 0.338 e. The molecule has 2 aromatic rings. The van der Waals surface area contributed by atoms with Crippen molar-refractivity contribution in [3.8, 4) is 0 Å². The lowest BCUT2D eigenvalue weighted by atomic mass is 9.94. The van der Waals surface area contributed by atoms with E-state index in [1.165, 1.54) is 28.4 Å². The quantitative estimate of drug-likeness (QED) is 0.616. The van der Waals surface area contributed by atoms with Crippen LogP contribution in [0.3, 0.4) is 0 Å². The Kier molecular flexibility index (Phi) is 7.51. The highest BCUT2D eigenvalue weighted by Crippen LogP contribution is 2.32. The minimum Gasteiger partial charge on any atom is -0.463 e. The molecule has 1 fully saturated rings. The molecule has 0 spiro atoms. The molecule has 1 saturated heterocycles. The summed E-state index contributed by atoms with van der Waals surface area (Å²) in [6.07, 6.45) is 0. The average molecular weight is 501 g/mol. The number of piperazine rings is 1. The Bertz CT molecular complexity index is 1140. The van der Waals surface area contributed by atoms with Gasteiger partial charge in [-0.3, -0.25) is 14.6 Å². The number of hydrogen-bond donors (Lipinski definition) is 1. The maximum absolute atomic E-state index is 14.0. The number of nitrogens with zero attached hydrogens (tertiary/aromatic N) is 3. The minimum atomic E-state index is -0.831. The van der Waals surface area contributed by atoms with E-state index in [4.69, 9.17) is 4.74 Å². The highest BCUT2D eigenvalue weighted by Gasteiger charge is 2.38. The van der Waals surface area contributed by atoms with E-state index in [0.717, 1.165) is 0 Å². The summed E-state index contributed by atoms with van der Waals surface area (Å²) in [5.41, 5.74) is 1.25. The molecule has 1 aromatic carbocycles. The van der Waals surface area contributed by atoms with Crippen LogP contribution in [0, 0.1) is 5.82 Å². The molecular formula is C25H29FN4O4S. The Morgan fingerprint density at radius 3 is 2.69 bits per heavy atom. The maximum atomic E-state index is 14.0. The number of hydrogen-bond acceptors (Lipinski definition) is 6. The van der Waals surface area contributed by atoms with Crippen molar-refractivity contribution >= 4 is 29.2 Å². The molecule has 4 rings (SSSR count). The van der Waals surface area contributed by atoms with Gasteiger partial charge in [0.05, 0.1) is 23.1 Å². The summed E-state index contributed by atoms with van der Waals surface area (Å²) >= 11 is 1.42. The molecule has 0 aliphatic carbocycles. The van der Waals surface area contributed by atoms with Crippen molar-refractivity contribution in [1.82, 2.24) is 20.0 Å². The molecule has 35 heavy (non-hydrogen) atoms. The largest absolute Gasteiger partial charge is 0.463 e. The van der Waals surface area contributed by atoms with Gasteiger partial charge in [0.15, 0.2) is 0 Å². The monoisotopic (exact) mass is 500 g/mol. The fraction of sp³-hybridized carbons (Fsp3) is 0.400. The Labute approximate surface area is 207 Å². The molecule has 186 valence electrons. The zero-order valence-electron chi connectivity index (χ0n) is 20.0. The van der Waals surface area contributed by atoms with E-state index in [1.807, 2.05) is 29.3 Å². The van der Waals surface area contributed by atoms with E-state index >= 15 is 0 Å². The number of rotatable bonds is 6. The first kappa shape index (κ1) is 24.9. The predicted octanol–water partition coefficient (Wildman–Crippen LogP) is 3.25. The molecule has 2 unspecified atom stereocenters. The molecule has 0 radical (unpaired) electrons. The molecule has 0 bridgehead atoms. The van der Waals surface area contributed by atoms with Gasteiger partial charge >= 0.3 is 12.0 Å². The number of ether oxygens (including phenoxy) is 1. The molecule has 0 saturated carbocycles. The van der Waals surface area contributed by atoms with Crippen LogP contribution in [0.1, 0.15) is 35.1 Å². The summed E-state index contributed by atoms with van der Waals surface area (Å²) in [5, 5.41) is 4.69. The fourth-order valence-electron chi connectivity index (χ4n) is 4.57. The summed E-state index contributed by atoms with van der Waals surface area (Å²) in [7, 11) is 1.60. The molecule has 10 heteroatoms. The van der Waals surface area contributed by atoms with Crippen LogP contribution < -0.4 is 5.32 Å². The number of esters is 1. The molecule has 1 aromatic heterocycles. The zero-order valence-corrected chi connectivity index (χ0v) is 20.8. The van der Waals surface area contributed by atoms with Crippen molar-refractivity contribution in [3.63, 3.8) is 0 Å². The normalized spacial score (nSPS) is 21.2. The van der Waals surface area contributed by atoms with Gasteiger partial charge in [-0.15, -0.1) is 11.3 Å². The van der Waals surface area contributed by atoms with Crippen LogP contribution in [-0.4, -0.2) is 78.5 Å². The van der Waals surface area contributed by atoms with Gasteiger partial charge in [0.25, 0.3) is 5.91 Å². The molecular weight excluding hydrogens is 471 g/mol. The Morgan fingerprint density at radius 1 is 1.23 bits per heavy atom. The Hall–Kier alpha value is -3.24. The van der Waals surface area contributed by atoms with Crippen molar-refractivity contribution in [3.05, 3.63) is 69.3 Å². The maximum Gasteiger partial charge on any atom is 0.338 e. The number of benzene rings is 1. The van der Waals surface area contributed by atoms with Crippen LogP contribution in [-0.2, 0) is 9.53 Å². The van der Waals surface area contributed by atoms with Gasteiger partial charge < -0.3 is 15.0 Å². The Morgan fingerprint density at radius 2 is 2.03 bits per heavy atom. The second kappa shape index (κ2) is 10.6. The summed E-state index contributed by atoms with van der Waals surface area (Å²) < 4.78 is 19.3. The van der Waals surface area contributed by atoms with E-state index in [-0.39, 0.29) is 30.2 Å². The topological polar surface area (TPSA) is 82.2 Å². The van der Waals surface area contributed by atoms with E-state index in [2.05, 4.69) is 10.2 Å². The fourth-order valence-corrected chi connectivity index (χ4v) is 5.25. The van der Waals surface area contributed by atoms with Crippen LogP contribution in [0.5, 0.6) is 0 Å². The average Bonchev–Trinajstić information content (AvgIpc) is 3.37. The number of thiophene rings is 1. The zero-order chi connectivity index (χ0) is 25.1. The second-order valence-corrected chi connectivity index (χ2v) is 9.59. The van der Waals surface area contributed by atoms with E-state index in [1.54, 1.807) is 26.1 Å². The third-order valence-corrected chi connectivity index (χ3v) is 7.19. The summed E-state index contributed by atoms with van der Waals surface area (Å²) in [6, 6.07) is 8.26. The highest BCUT2D eigenvalue weighted by atomic mass is 32.1. The van der Waals surface area contributed by atoms with Gasteiger partial charge in [-0.1, -0.05) is 18.2 Å². The number of carbonyl (C=O) groups is 3. The predicted molar refractivity (Wildman–Crippen MR) is 130 cm³/mol. The lowest BCUT2D eigenvalue weighted by Crippen LogP contribution is -2.56. The molecule has 1 N–H and O–H groups in total. The molecule has 2 aliphatic heterocycles. The summed E-state index contributed by atoms with van der Waals surface area (Å²) in [5.74, 6) is -0.997. The van der Waals surface area contributed by atoms with Crippen LogP contribution in [0.4, 0.5) is 9.18 Å². The molecule has 2 atom stereocenters. The van der Waals surface area contributed by atoms with Crippen molar-refractivity contribution in [2.24, 2.45) is 0 Å². The van der Waals surface area contributed by atoms with Crippen molar-refractivity contribution in [1.29, 1.82) is 0 Å². The third-order valence-electron chi connectivity index (χ3n) is 6.33. The van der Waals surface area contributed by atoms with Crippen LogP contribution in [0.25, 0.3) is 0 Å². The number of likely N-dealkylation sites (N-methyl/N-ethyl adjacent to an activating group) is 1. The first-order chi connectivity index (χ1) is 16.8. The van der Waals surface area contributed by atoms with Crippen molar-refractivity contribution in [2.45, 2.75) is 25.9 Å². The van der Waals surface area contributed by atoms with Crippen LogP contribution >= 0.6 is 11.3 Å². The lowest BCUT2D eigenvalue weighted by molar-refractivity contribution is -0.139. The van der Waals surface area contributed by atoms with E-state index in [9.17, 15) is 18.8 Å². The molecule has 3 amide bonds. The second-order valence-electron chi connectivity index (χ2n) is 8.64. The lowest BCUT2D eigenvalue weighted by Gasteiger charge is -2.42. The molecule has 3 heterocycles. The van der Waals surface area contributed by atoms with Gasteiger partial charge in [0, 0.05) is 45.0 Å². The minimum absolute atomic E-state index is 0.0129. The Balaban J connectivity index is 1.62. The van der Waals surface area contributed by atoms with Gasteiger partial charge in [0.1, 0.15) is 5.82 Å². The van der Waals surface area contributed by atoms with Gasteiger partial charge in [-0.2, -0.15) is 0 Å². The number of carbonyl (C=O) groups excluding carboxylic acids is 3. The SMILES string of the molecule is CCOC(=O)C1=C(CN2CCN(C(=O)c3cccs3)C(C)C2)N(C)C(=O)NC1c1cccc(F)c1. The van der Waals surface area contributed by atoms with Gasteiger partial charge in [-0.25, -0.2) is 14.0 Å². The van der Waals surface area contributed by atoms with Gasteiger partial charge in [0.2, 0.25) is 0 Å². The van der Waals surface area contributed by atoms with Crippen molar-refractivity contribution in [2.75, 3.05) is 39.8 Å². The first-order valence-corrected chi connectivity index (χ1v) is 12.4. The number of urea groups is 1. The molecule has 2 aliphatic rings. The summed E-state index contributed by atoms with van der Waals surface area (Å²) in [6.45, 7) is 5.89. The molecule has 8 nitrogen and oxygen atoms in total.